The number of ether oxygens (including phenoxy) is 1. The van der Waals surface area contributed by atoms with Gasteiger partial charge in [0, 0.05) is 12.3 Å². The SMILES string of the molecule is CCCCC[C@H](O)C=C[C@@H]1[C@H]2CC(CCCCC(=O)OC)S(=O)(=O)[C@@H]2C[C@H]1O. The van der Waals surface area contributed by atoms with E-state index in [0.717, 1.165) is 19.3 Å². The second kappa shape index (κ2) is 10.7. The molecule has 1 heterocycles. The van der Waals surface area contributed by atoms with E-state index in [-0.39, 0.29) is 24.2 Å². The zero-order valence-corrected chi connectivity index (χ0v) is 17.9. The van der Waals surface area contributed by atoms with Crippen LogP contribution in [0.2, 0.25) is 0 Å². The van der Waals surface area contributed by atoms with Crippen LogP contribution >= 0.6 is 0 Å². The molecule has 0 amide bonds. The monoisotopic (exact) mass is 416 g/mol. The number of esters is 1. The summed E-state index contributed by atoms with van der Waals surface area (Å²) < 4.78 is 30.4. The standard InChI is InChI=1S/C21H36O6S/c1-3-4-5-8-15(22)11-12-17-18-13-16(9-6-7-10-21(24)27-2)28(25,26)20(18)14-19(17)23/h11-12,15-20,22-23H,3-10,13-14H2,1-2H3/t15-,16?,17+,18+,19+,20+/m0/s1. The maximum Gasteiger partial charge on any atom is 0.305 e. The van der Waals surface area contributed by atoms with Crippen LogP contribution in [0, 0.1) is 11.8 Å². The summed E-state index contributed by atoms with van der Waals surface area (Å²) in [5, 5.41) is 19.6. The molecule has 0 aromatic heterocycles. The van der Waals surface area contributed by atoms with Crippen LogP contribution in [0.25, 0.3) is 0 Å². The van der Waals surface area contributed by atoms with E-state index in [1.54, 1.807) is 6.08 Å². The van der Waals surface area contributed by atoms with Crippen molar-refractivity contribution in [2.24, 2.45) is 11.8 Å². The van der Waals surface area contributed by atoms with Crippen LogP contribution in [-0.4, -0.2) is 54.4 Å². The maximum atomic E-state index is 12.9. The summed E-state index contributed by atoms with van der Waals surface area (Å²) in [5.74, 6) is -0.553. The molecule has 0 aromatic carbocycles. The number of methoxy groups -OCH3 is 1. The van der Waals surface area contributed by atoms with E-state index in [1.165, 1.54) is 7.11 Å². The smallest absolute Gasteiger partial charge is 0.305 e. The highest BCUT2D eigenvalue weighted by Crippen LogP contribution is 2.48. The summed E-state index contributed by atoms with van der Waals surface area (Å²) in [6.45, 7) is 2.11. The molecule has 7 heteroatoms. The van der Waals surface area contributed by atoms with Gasteiger partial charge in [0.25, 0.3) is 0 Å². The Kier molecular flexibility index (Phi) is 8.96. The van der Waals surface area contributed by atoms with Crippen molar-refractivity contribution in [3.63, 3.8) is 0 Å². The molecule has 1 aliphatic heterocycles. The second-order valence-electron chi connectivity index (χ2n) is 8.30. The minimum absolute atomic E-state index is 0.0790. The van der Waals surface area contributed by atoms with Crippen LogP contribution in [-0.2, 0) is 19.4 Å². The summed E-state index contributed by atoms with van der Waals surface area (Å²) in [6, 6.07) is 0. The van der Waals surface area contributed by atoms with Gasteiger partial charge in [-0.25, -0.2) is 8.42 Å². The van der Waals surface area contributed by atoms with Crippen LogP contribution in [0.5, 0.6) is 0 Å². The highest BCUT2D eigenvalue weighted by Gasteiger charge is 2.55. The Bertz CT molecular complexity index is 629. The fourth-order valence-corrected chi connectivity index (χ4v) is 7.45. The van der Waals surface area contributed by atoms with Gasteiger partial charge in [-0.15, -0.1) is 0 Å². The summed E-state index contributed by atoms with van der Waals surface area (Å²) in [6.07, 6.45) is 9.24. The molecule has 28 heavy (non-hydrogen) atoms. The van der Waals surface area contributed by atoms with Crippen molar-refractivity contribution in [1.29, 1.82) is 0 Å². The first-order chi connectivity index (χ1) is 13.3. The van der Waals surface area contributed by atoms with Crippen molar-refractivity contribution in [1.82, 2.24) is 0 Å². The van der Waals surface area contributed by atoms with Crippen LogP contribution in [0.15, 0.2) is 12.2 Å². The first kappa shape index (κ1) is 23.4. The van der Waals surface area contributed by atoms with Gasteiger partial charge < -0.3 is 14.9 Å². The minimum atomic E-state index is -3.27. The highest BCUT2D eigenvalue weighted by molar-refractivity contribution is 7.93. The lowest BCUT2D eigenvalue weighted by molar-refractivity contribution is -0.140. The molecule has 162 valence electrons. The Hall–Kier alpha value is -0.920. The molecule has 2 rings (SSSR count). The topological polar surface area (TPSA) is 101 Å². The van der Waals surface area contributed by atoms with Crippen molar-refractivity contribution in [3.05, 3.63) is 12.2 Å². The fraction of sp³-hybridized carbons (Fsp3) is 0.857. The number of hydrogen-bond acceptors (Lipinski definition) is 6. The van der Waals surface area contributed by atoms with E-state index in [0.29, 0.717) is 38.5 Å². The molecule has 6 atom stereocenters. The maximum absolute atomic E-state index is 12.9. The molecule has 0 radical (unpaired) electrons. The molecule has 1 aliphatic carbocycles. The Balaban J connectivity index is 1.91. The van der Waals surface area contributed by atoms with Gasteiger partial charge in [-0.1, -0.05) is 44.8 Å². The number of rotatable bonds is 11. The average molecular weight is 417 g/mol. The van der Waals surface area contributed by atoms with E-state index in [9.17, 15) is 23.4 Å². The third kappa shape index (κ3) is 5.80. The van der Waals surface area contributed by atoms with Crippen molar-refractivity contribution >= 4 is 15.8 Å². The molecular formula is C21H36O6S. The van der Waals surface area contributed by atoms with E-state index in [2.05, 4.69) is 11.7 Å². The van der Waals surface area contributed by atoms with Crippen LogP contribution in [0.3, 0.4) is 0 Å². The summed E-state index contributed by atoms with van der Waals surface area (Å²) in [7, 11) is -1.91. The normalized spacial score (nSPS) is 32.5. The van der Waals surface area contributed by atoms with Crippen LogP contribution < -0.4 is 0 Å². The third-order valence-electron chi connectivity index (χ3n) is 6.36. The van der Waals surface area contributed by atoms with E-state index < -0.39 is 32.5 Å². The highest BCUT2D eigenvalue weighted by atomic mass is 32.2. The Morgan fingerprint density at radius 2 is 1.96 bits per heavy atom. The number of sulfone groups is 1. The van der Waals surface area contributed by atoms with E-state index >= 15 is 0 Å². The van der Waals surface area contributed by atoms with Gasteiger partial charge in [0.1, 0.15) is 0 Å². The Morgan fingerprint density at radius 3 is 2.64 bits per heavy atom. The van der Waals surface area contributed by atoms with E-state index in [1.807, 2.05) is 6.08 Å². The Labute approximate surface area is 169 Å². The molecule has 0 bridgehead atoms. The van der Waals surface area contributed by atoms with Crippen LogP contribution in [0.4, 0.5) is 0 Å². The zero-order valence-electron chi connectivity index (χ0n) is 17.1. The summed E-state index contributed by atoms with van der Waals surface area (Å²) in [4.78, 5) is 11.2. The number of unbranched alkanes of at least 4 members (excludes halogenated alkanes) is 3. The van der Waals surface area contributed by atoms with Gasteiger partial charge in [-0.05, 0) is 38.0 Å². The molecule has 0 aromatic rings. The third-order valence-corrected chi connectivity index (χ3v) is 9.10. The minimum Gasteiger partial charge on any atom is -0.469 e. The lowest BCUT2D eigenvalue weighted by atomic mass is 9.89. The van der Waals surface area contributed by atoms with Gasteiger partial charge in [0.2, 0.25) is 0 Å². The molecule has 0 spiro atoms. The van der Waals surface area contributed by atoms with Crippen LogP contribution in [0.1, 0.15) is 71.1 Å². The predicted molar refractivity (Wildman–Crippen MR) is 108 cm³/mol. The quantitative estimate of drug-likeness (QED) is 0.305. The molecule has 2 aliphatic rings. The largest absolute Gasteiger partial charge is 0.469 e. The second-order valence-corrected chi connectivity index (χ2v) is 10.7. The first-order valence-electron chi connectivity index (χ1n) is 10.6. The molecule has 1 saturated carbocycles. The van der Waals surface area contributed by atoms with Crippen molar-refractivity contribution in [2.75, 3.05) is 7.11 Å². The fourth-order valence-electron chi connectivity index (χ4n) is 4.73. The van der Waals surface area contributed by atoms with Gasteiger partial charge in [0.15, 0.2) is 9.84 Å². The number of carbonyl (C=O) groups excluding carboxylic acids is 1. The number of aliphatic hydroxyl groups excluding tert-OH is 2. The lowest BCUT2D eigenvalue weighted by Gasteiger charge is -2.18. The number of hydrogen-bond donors (Lipinski definition) is 2. The summed E-state index contributed by atoms with van der Waals surface area (Å²) >= 11 is 0. The zero-order chi connectivity index (χ0) is 20.7. The molecule has 1 unspecified atom stereocenters. The number of fused-ring (bicyclic) bond motifs is 1. The van der Waals surface area contributed by atoms with Gasteiger partial charge in [0.05, 0.1) is 29.8 Å². The Morgan fingerprint density at radius 1 is 1.21 bits per heavy atom. The van der Waals surface area contributed by atoms with Gasteiger partial charge >= 0.3 is 5.97 Å². The predicted octanol–water partition coefficient (Wildman–Crippen LogP) is 2.77. The molecule has 6 nitrogen and oxygen atoms in total. The molecule has 2 N–H and O–H groups in total. The van der Waals surface area contributed by atoms with E-state index in [4.69, 9.17) is 0 Å². The number of aliphatic hydroxyl groups is 2. The average Bonchev–Trinajstić information content (AvgIpc) is 3.09. The number of carbonyl (C=O) groups is 1. The lowest BCUT2D eigenvalue weighted by Crippen LogP contribution is -2.24. The molecule has 2 fully saturated rings. The van der Waals surface area contributed by atoms with Crippen molar-refractivity contribution in [2.45, 2.75) is 93.8 Å². The molecular weight excluding hydrogens is 380 g/mol. The van der Waals surface area contributed by atoms with Gasteiger partial charge in [-0.3, -0.25) is 4.79 Å². The van der Waals surface area contributed by atoms with Gasteiger partial charge in [-0.2, -0.15) is 0 Å². The first-order valence-corrected chi connectivity index (χ1v) is 12.3. The van der Waals surface area contributed by atoms with Crippen molar-refractivity contribution < 1.29 is 28.2 Å². The summed E-state index contributed by atoms with van der Waals surface area (Å²) in [5.41, 5.74) is 0. The van der Waals surface area contributed by atoms with Crippen molar-refractivity contribution in [3.8, 4) is 0 Å². The molecule has 1 saturated heterocycles.